The summed E-state index contributed by atoms with van der Waals surface area (Å²) in [6.45, 7) is 6.84. The number of benzene rings is 3. The van der Waals surface area contributed by atoms with Gasteiger partial charge < -0.3 is 15.8 Å². The number of esters is 1. The fourth-order valence-electron chi connectivity index (χ4n) is 3.65. The lowest BCUT2D eigenvalue weighted by molar-refractivity contribution is -0.143. The van der Waals surface area contributed by atoms with Crippen molar-refractivity contribution < 1.29 is 14.3 Å². The van der Waals surface area contributed by atoms with Gasteiger partial charge in [0, 0.05) is 34.0 Å². The van der Waals surface area contributed by atoms with Crippen LogP contribution in [-0.2, 0) is 16.1 Å². The molecule has 0 heterocycles. The smallest absolute Gasteiger partial charge is 0.305 e. The van der Waals surface area contributed by atoms with Crippen molar-refractivity contribution in [3.63, 3.8) is 0 Å². The molecule has 5 nitrogen and oxygen atoms in total. The molecule has 3 aromatic rings. The van der Waals surface area contributed by atoms with Gasteiger partial charge in [0.05, 0.1) is 6.61 Å². The molecule has 0 aromatic heterocycles. The molecule has 3 rings (SSSR count). The van der Waals surface area contributed by atoms with Crippen molar-refractivity contribution in [2.45, 2.75) is 55.9 Å². The Balaban J connectivity index is 1.65. The van der Waals surface area contributed by atoms with Crippen LogP contribution in [0.15, 0.2) is 76.5 Å². The van der Waals surface area contributed by atoms with Gasteiger partial charge in [-0.2, -0.15) is 0 Å². The van der Waals surface area contributed by atoms with Crippen LogP contribution >= 0.6 is 11.8 Å². The number of nitrogen functional groups attached to an aromatic ring is 1. The Morgan fingerprint density at radius 1 is 1.03 bits per heavy atom. The minimum Gasteiger partial charge on any atom is -0.466 e. The first-order valence-corrected chi connectivity index (χ1v) is 12.3. The summed E-state index contributed by atoms with van der Waals surface area (Å²) in [6.07, 6.45) is 1.15. The normalized spacial score (nSPS) is 11.6. The molecule has 6 heteroatoms. The van der Waals surface area contributed by atoms with Crippen LogP contribution in [0.2, 0.25) is 0 Å². The van der Waals surface area contributed by atoms with Gasteiger partial charge in [0.25, 0.3) is 5.91 Å². The van der Waals surface area contributed by atoms with Crippen molar-refractivity contribution in [3.05, 3.63) is 89.0 Å². The molecule has 3 N–H and O–H groups in total. The van der Waals surface area contributed by atoms with Crippen molar-refractivity contribution >= 4 is 29.3 Å². The zero-order valence-electron chi connectivity index (χ0n) is 20.0. The SMILES string of the molecule is CCOC(=O)CCC(C)c1ccccc1Sc1ccc(C(=O)NCc2ccc(N)cc2)cc1C. The molecule has 0 saturated heterocycles. The van der Waals surface area contributed by atoms with Gasteiger partial charge >= 0.3 is 5.97 Å². The van der Waals surface area contributed by atoms with Gasteiger partial charge in [0.2, 0.25) is 0 Å². The van der Waals surface area contributed by atoms with Crippen molar-refractivity contribution in [1.82, 2.24) is 5.32 Å². The Labute approximate surface area is 206 Å². The Hall–Kier alpha value is -3.25. The number of amides is 1. The van der Waals surface area contributed by atoms with E-state index in [-0.39, 0.29) is 17.8 Å². The van der Waals surface area contributed by atoms with Crippen molar-refractivity contribution in [1.29, 1.82) is 0 Å². The monoisotopic (exact) mass is 476 g/mol. The minimum atomic E-state index is -0.152. The molecule has 1 atom stereocenters. The minimum absolute atomic E-state index is 0.107. The Morgan fingerprint density at radius 2 is 1.76 bits per heavy atom. The van der Waals surface area contributed by atoms with Crippen LogP contribution in [-0.4, -0.2) is 18.5 Å². The van der Waals surface area contributed by atoms with Crippen LogP contribution < -0.4 is 11.1 Å². The fourth-order valence-corrected chi connectivity index (χ4v) is 4.77. The average molecular weight is 477 g/mol. The van der Waals surface area contributed by atoms with Crippen molar-refractivity contribution in [3.8, 4) is 0 Å². The summed E-state index contributed by atoms with van der Waals surface area (Å²) in [5.74, 6) is -0.0307. The van der Waals surface area contributed by atoms with Gasteiger partial charge in [0.1, 0.15) is 0 Å². The number of hydrogen-bond donors (Lipinski definition) is 2. The van der Waals surface area contributed by atoms with E-state index in [0.29, 0.717) is 30.8 Å². The van der Waals surface area contributed by atoms with Gasteiger partial charge in [-0.3, -0.25) is 9.59 Å². The van der Waals surface area contributed by atoms with E-state index in [0.717, 1.165) is 27.3 Å². The molecular weight excluding hydrogens is 444 g/mol. The molecular formula is C28H32N2O3S. The van der Waals surface area contributed by atoms with Crippen LogP contribution in [0.1, 0.15) is 59.7 Å². The second-order valence-corrected chi connectivity index (χ2v) is 9.37. The van der Waals surface area contributed by atoms with Gasteiger partial charge in [-0.05, 0) is 79.3 Å². The summed E-state index contributed by atoms with van der Waals surface area (Å²) < 4.78 is 5.07. The van der Waals surface area contributed by atoms with E-state index >= 15 is 0 Å². The Morgan fingerprint density at radius 3 is 2.47 bits per heavy atom. The molecule has 0 fully saturated rings. The van der Waals surface area contributed by atoms with Gasteiger partial charge in [-0.15, -0.1) is 0 Å². The topological polar surface area (TPSA) is 81.4 Å². The lowest BCUT2D eigenvalue weighted by Gasteiger charge is -2.17. The number of ether oxygens (including phenoxy) is 1. The maximum atomic E-state index is 12.6. The number of nitrogens with one attached hydrogen (secondary N) is 1. The molecule has 178 valence electrons. The maximum absolute atomic E-state index is 12.6. The van der Waals surface area contributed by atoms with E-state index in [9.17, 15) is 9.59 Å². The largest absolute Gasteiger partial charge is 0.466 e. The Kier molecular flexibility index (Phi) is 9.16. The number of carbonyl (C=O) groups is 2. The second-order valence-electron chi connectivity index (χ2n) is 8.29. The molecule has 0 bridgehead atoms. The average Bonchev–Trinajstić information content (AvgIpc) is 2.83. The zero-order chi connectivity index (χ0) is 24.5. The summed E-state index contributed by atoms with van der Waals surface area (Å²) >= 11 is 1.69. The van der Waals surface area contributed by atoms with Crippen molar-refractivity contribution in [2.75, 3.05) is 12.3 Å². The van der Waals surface area contributed by atoms with Crippen LogP contribution in [0.3, 0.4) is 0 Å². The number of aryl methyl sites for hydroxylation is 1. The number of hydrogen-bond acceptors (Lipinski definition) is 5. The molecule has 0 aliphatic heterocycles. The van der Waals surface area contributed by atoms with E-state index in [1.165, 1.54) is 5.56 Å². The molecule has 0 spiro atoms. The number of nitrogens with two attached hydrogens (primary N) is 1. The third-order valence-corrected chi connectivity index (χ3v) is 6.90. The molecule has 3 aromatic carbocycles. The van der Waals surface area contributed by atoms with Crippen LogP contribution in [0, 0.1) is 6.92 Å². The lowest BCUT2D eigenvalue weighted by atomic mass is 9.96. The highest BCUT2D eigenvalue weighted by molar-refractivity contribution is 7.99. The predicted molar refractivity (Wildman–Crippen MR) is 138 cm³/mol. The van der Waals surface area contributed by atoms with E-state index < -0.39 is 0 Å². The summed E-state index contributed by atoms with van der Waals surface area (Å²) in [4.78, 5) is 26.7. The Bertz CT molecular complexity index is 1130. The van der Waals surface area contributed by atoms with E-state index in [2.05, 4.69) is 24.4 Å². The lowest BCUT2D eigenvalue weighted by Crippen LogP contribution is -2.22. The first-order valence-electron chi connectivity index (χ1n) is 11.5. The summed E-state index contributed by atoms with van der Waals surface area (Å²) in [7, 11) is 0. The molecule has 34 heavy (non-hydrogen) atoms. The van der Waals surface area contributed by atoms with E-state index in [1.807, 2.05) is 68.4 Å². The molecule has 1 amide bonds. The van der Waals surface area contributed by atoms with Crippen LogP contribution in [0.4, 0.5) is 5.69 Å². The maximum Gasteiger partial charge on any atom is 0.305 e. The summed E-state index contributed by atoms with van der Waals surface area (Å²) in [6, 6.07) is 21.5. The van der Waals surface area contributed by atoms with Crippen LogP contribution in [0.5, 0.6) is 0 Å². The summed E-state index contributed by atoms with van der Waals surface area (Å²) in [5.41, 5.74) is 10.3. The molecule has 0 aliphatic carbocycles. The van der Waals surface area contributed by atoms with E-state index in [4.69, 9.17) is 10.5 Å². The fraction of sp³-hybridized carbons (Fsp3) is 0.286. The third kappa shape index (κ3) is 7.12. The first-order chi connectivity index (χ1) is 16.4. The van der Waals surface area contributed by atoms with Crippen LogP contribution in [0.25, 0.3) is 0 Å². The second kappa shape index (κ2) is 12.3. The number of carbonyl (C=O) groups excluding carboxylic acids is 2. The van der Waals surface area contributed by atoms with Crippen molar-refractivity contribution in [2.24, 2.45) is 0 Å². The first kappa shape index (κ1) is 25.4. The van der Waals surface area contributed by atoms with Gasteiger partial charge in [-0.1, -0.05) is 49.0 Å². The van der Waals surface area contributed by atoms with Gasteiger partial charge in [-0.25, -0.2) is 0 Å². The highest BCUT2D eigenvalue weighted by Gasteiger charge is 2.15. The quantitative estimate of drug-likeness (QED) is 0.273. The predicted octanol–water partition coefficient (Wildman–Crippen LogP) is 6.11. The highest BCUT2D eigenvalue weighted by Crippen LogP contribution is 2.37. The summed E-state index contributed by atoms with van der Waals surface area (Å²) in [5, 5.41) is 2.96. The number of anilines is 1. The molecule has 0 aliphatic rings. The molecule has 0 saturated carbocycles. The highest BCUT2D eigenvalue weighted by atomic mass is 32.2. The van der Waals surface area contributed by atoms with E-state index in [1.54, 1.807) is 11.8 Å². The standard InChI is InChI=1S/C28H32N2O3S/c1-4-33-27(31)16-9-19(2)24-7-5-6-8-26(24)34-25-15-12-22(17-20(25)3)28(32)30-18-21-10-13-23(29)14-11-21/h5-8,10-15,17,19H,4,9,16,18,29H2,1-3H3,(H,30,32). The zero-order valence-corrected chi connectivity index (χ0v) is 20.8. The van der Waals surface area contributed by atoms with Gasteiger partial charge in [0.15, 0.2) is 0 Å². The molecule has 0 radical (unpaired) electrons. The third-order valence-electron chi connectivity index (χ3n) is 5.63. The molecule has 1 unspecified atom stereocenters. The number of rotatable bonds is 10.